The van der Waals surface area contributed by atoms with Gasteiger partial charge in [0.05, 0.1) is 18.8 Å². The highest BCUT2D eigenvalue weighted by molar-refractivity contribution is 5.83. The van der Waals surface area contributed by atoms with Gasteiger partial charge in [-0.25, -0.2) is 15.0 Å². The summed E-state index contributed by atoms with van der Waals surface area (Å²) in [7, 11) is 0. The summed E-state index contributed by atoms with van der Waals surface area (Å²) in [6, 6.07) is 16.7. The van der Waals surface area contributed by atoms with Gasteiger partial charge in [0.25, 0.3) is 0 Å². The van der Waals surface area contributed by atoms with Crippen LogP contribution in [0.2, 0.25) is 0 Å². The number of ether oxygens (including phenoxy) is 1. The summed E-state index contributed by atoms with van der Waals surface area (Å²) in [6.07, 6.45) is 4.27. The number of nitrogens with two attached hydrogens (primary N) is 1. The van der Waals surface area contributed by atoms with E-state index >= 15 is 0 Å². The molecule has 2 saturated heterocycles. The molecule has 5 heterocycles. The number of rotatable bonds is 5. The second-order valence-corrected chi connectivity index (χ2v) is 9.94. The van der Waals surface area contributed by atoms with Crippen LogP contribution >= 0.6 is 0 Å². The van der Waals surface area contributed by atoms with Gasteiger partial charge < -0.3 is 15.4 Å². The molecule has 36 heavy (non-hydrogen) atoms. The summed E-state index contributed by atoms with van der Waals surface area (Å²) in [5.41, 5.74) is 11.1. The Labute approximate surface area is 211 Å². The molecule has 2 aliphatic heterocycles. The molecular formula is C28H33N7O. The van der Waals surface area contributed by atoms with Crippen molar-refractivity contribution in [2.45, 2.75) is 26.3 Å². The van der Waals surface area contributed by atoms with Gasteiger partial charge in [-0.05, 0) is 73.8 Å². The van der Waals surface area contributed by atoms with Crippen LogP contribution in [0.25, 0.3) is 28.2 Å². The van der Waals surface area contributed by atoms with E-state index in [0.717, 1.165) is 59.6 Å². The quantitative estimate of drug-likeness (QED) is 0.457. The number of piperidine rings is 1. The molecule has 0 amide bonds. The zero-order valence-corrected chi connectivity index (χ0v) is 20.8. The molecule has 4 aromatic rings. The number of fused-ring (bicyclic) bond motifs is 1. The van der Waals surface area contributed by atoms with Gasteiger partial charge in [0.2, 0.25) is 0 Å². The zero-order chi connectivity index (χ0) is 24.5. The van der Waals surface area contributed by atoms with Gasteiger partial charge in [-0.3, -0.25) is 9.47 Å². The van der Waals surface area contributed by atoms with Crippen LogP contribution in [0.15, 0.2) is 54.7 Å². The molecule has 1 aromatic carbocycles. The molecule has 0 saturated carbocycles. The average molecular weight is 484 g/mol. The van der Waals surface area contributed by atoms with Crippen LogP contribution in [0, 0.1) is 5.92 Å². The fourth-order valence-corrected chi connectivity index (χ4v) is 5.18. The molecule has 2 N–H and O–H groups in total. The number of morpholine rings is 1. The second kappa shape index (κ2) is 9.87. The Hall–Kier alpha value is -3.49. The molecule has 2 aliphatic rings. The lowest BCUT2D eigenvalue weighted by Gasteiger charge is -2.30. The number of likely N-dealkylation sites (tertiary alicyclic amines) is 1. The zero-order valence-electron chi connectivity index (χ0n) is 20.8. The van der Waals surface area contributed by atoms with Crippen molar-refractivity contribution in [3.63, 3.8) is 0 Å². The maximum atomic E-state index is 6.29. The van der Waals surface area contributed by atoms with Crippen molar-refractivity contribution in [3.8, 4) is 17.1 Å². The summed E-state index contributed by atoms with van der Waals surface area (Å²) in [4.78, 5) is 19.2. The maximum absolute atomic E-state index is 6.29. The van der Waals surface area contributed by atoms with Crippen LogP contribution in [-0.2, 0) is 11.3 Å². The first-order valence-electron chi connectivity index (χ1n) is 12.9. The largest absolute Gasteiger partial charge is 0.383 e. The Kier molecular flexibility index (Phi) is 6.29. The number of aromatic nitrogens is 4. The van der Waals surface area contributed by atoms with Crippen LogP contribution in [-0.4, -0.2) is 63.8 Å². The van der Waals surface area contributed by atoms with Gasteiger partial charge in [0, 0.05) is 31.5 Å². The third kappa shape index (κ3) is 4.54. The van der Waals surface area contributed by atoms with E-state index in [-0.39, 0.29) is 0 Å². The number of imidazole rings is 1. The number of nitrogens with zero attached hydrogens (tertiary/aromatic N) is 6. The smallest absolute Gasteiger partial charge is 0.167 e. The fraction of sp³-hybridized carbons (Fsp3) is 0.393. The van der Waals surface area contributed by atoms with E-state index < -0.39 is 0 Å². The molecule has 8 heteroatoms. The summed E-state index contributed by atoms with van der Waals surface area (Å²) in [5, 5.41) is 0. The Balaban J connectivity index is 1.40. The van der Waals surface area contributed by atoms with Crippen molar-refractivity contribution in [1.29, 1.82) is 0 Å². The summed E-state index contributed by atoms with van der Waals surface area (Å²) < 4.78 is 7.65. The van der Waals surface area contributed by atoms with Crippen LogP contribution < -0.4 is 10.6 Å². The summed E-state index contributed by atoms with van der Waals surface area (Å²) in [6.45, 7) is 8.79. The van der Waals surface area contributed by atoms with E-state index in [1.165, 1.54) is 31.5 Å². The molecule has 3 aromatic heterocycles. The Bertz CT molecular complexity index is 1340. The predicted molar refractivity (Wildman–Crippen MR) is 143 cm³/mol. The molecule has 0 bridgehead atoms. The van der Waals surface area contributed by atoms with Crippen LogP contribution in [0.5, 0.6) is 0 Å². The second-order valence-electron chi connectivity index (χ2n) is 9.94. The first kappa shape index (κ1) is 22.9. The minimum Gasteiger partial charge on any atom is -0.383 e. The standard InChI is InChI=1S/C28H33N7O/c1-20-10-13-33(14-11-20)19-21-4-6-22(7-5-21)35-27(23-3-2-12-30-26(23)29)31-24-8-9-25(32-28(24)35)34-15-17-36-18-16-34/h2-9,12,20H,10-11,13-19H2,1H3,(H2,29,30). The molecule has 0 radical (unpaired) electrons. The highest BCUT2D eigenvalue weighted by atomic mass is 16.5. The highest BCUT2D eigenvalue weighted by Gasteiger charge is 2.21. The molecule has 0 spiro atoms. The maximum Gasteiger partial charge on any atom is 0.167 e. The Morgan fingerprint density at radius 1 is 0.944 bits per heavy atom. The number of pyridine rings is 2. The average Bonchev–Trinajstić information content (AvgIpc) is 3.30. The number of hydrogen-bond donors (Lipinski definition) is 1. The molecule has 186 valence electrons. The van der Waals surface area contributed by atoms with Crippen molar-refractivity contribution in [2.75, 3.05) is 50.0 Å². The number of nitrogen functional groups attached to an aromatic ring is 1. The van der Waals surface area contributed by atoms with E-state index in [1.54, 1.807) is 6.20 Å². The lowest BCUT2D eigenvalue weighted by atomic mass is 9.99. The van der Waals surface area contributed by atoms with E-state index in [1.807, 2.05) is 24.3 Å². The van der Waals surface area contributed by atoms with Crippen molar-refractivity contribution < 1.29 is 4.74 Å². The van der Waals surface area contributed by atoms with E-state index in [4.69, 9.17) is 20.4 Å². The van der Waals surface area contributed by atoms with Gasteiger partial charge in [-0.2, -0.15) is 0 Å². The first-order chi connectivity index (χ1) is 17.7. The Morgan fingerprint density at radius 2 is 1.72 bits per heavy atom. The highest BCUT2D eigenvalue weighted by Crippen LogP contribution is 2.31. The molecule has 0 unspecified atom stereocenters. The van der Waals surface area contributed by atoms with Gasteiger partial charge >= 0.3 is 0 Å². The van der Waals surface area contributed by atoms with E-state index in [0.29, 0.717) is 19.0 Å². The number of hydrogen-bond acceptors (Lipinski definition) is 7. The summed E-state index contributed by atoms with van der Waals surface area (Å²) >= 11 is 0. The van der Waals surface area contributed by atoms with E-state index in [9.17, 15) is 0 Å². The third-order valence-corrected chi connectivity index (χ3v) is 7.38. The lowest BCUT2D eigenvalue weighted by molar-refractivity contribution is 0.122. The van der Waals surface area contributed by atoms with Crippen molar-refractivity contribution in [3.05, 3.63) is 60.3 Å². The molecule has 2 fully saturated rings. The number of benzene rings is 1. The van der Waals surface area contributed by atoms with Crippen LogP contribution in [0.4, 0.5) is 11.6 Å². The third-order valence-electron chi connectivity index (χ3n) is 7.38. The monoisotopic (exact) mass is 483 g/mol. The van der Waals surface area contributed by atoms with Crippen molar-refractivity contribution >= 4 is 22.8 Å². The normalized spacial score (nSPS) is 17.6. The van der Waals surface area contributed by atoms with Gasteiger partial charge in [0.15, 0.2) is 11.5 Å². The number of anilines is 2. The van der Waals surface area contributed by atoms with Crippen LogP contribution in [0.1, 0.15) is 25.3 Å². The minimum absolute atomic E-state index is 0.457. The van der Waals surface area contributed by atoms with Crippen molar-refractivity contribution in [2.24, 2.45) is 5.92 Å². The SMILES string of the molecule is CC1CCN(Cc2ccc(-n3c(-c4cccnc4N)nc4ccc(N5CCOCC5)nc43)cc2)CC1. The molecule has 0 aliphatic carbocycles. The topological polar surface area (TPSA) is 85.3 Å². The first-order valence-corrected chi connectivity index (χ1v) is 12.9. The van der Waals surface area contributed by atoms with Crippen LogP contribution in [0.3, 0.4) is 0 Å². The summed E-state index contributed by atoms with van der Waals surface area (Å²) in [5.74, 6) is 2.98. The fourth-order valence-electron chi connectivity index (χ4n) is 5.18. The minimum atomic E-state index is 0.457. The van der Waals surface area contributed by atoms with Gasteiger partial charge in [-0.1, -0.05) is 19.1 Å². The molecular weight excluding hydrogens is 450 g/mol. The molecule has 6 rings (SSSR count). The molecule has 8 nitrogen and oxygen atoms in total. The predicted octanol–water partition coefficient (Wildman–Crippen LogP) is 4.13. The van der Waals surface area contributed by atoms with Gasteiger partial charge in [0.1, 0.15) is 17.2 Å². The lowest BCUT2D eigenvalue weighted by Crippen LogP contribution is -2.36. The van der Waals surface area contributed by atoms with Gasteiger partial charge in [-0.15, -0.1) is 0 Å². The molecule has 0 atom stereocenters. The van der Waals surface area contributed by atoms with Crippen molar-refractivity contribution in [1.82, 2.24) is 24.4 Å². The Morgan fingerprint density at radius 3 is 2.47 bits per heavy atom. The van der Waals surface area contributed by atoms with E-state index in [2.05, 4.69) is 50.5 Å².